The molecule has 142 valence electrons. The normalized spacial score (nSPS) is 17.8. The number of likely N-dealkylation sites (tertiary alicyclic amines) is 1. The molecule has 0 radical (unpaired) electrons. The Labute approximate surface area is 170 Å². The average Bonchev–Trinajstić information content (AvgIpc) is 2.97. The van der Waals surface area contributed by atoms with E-state index in [1.807, 2.05) is 6.07 Å². The average molecular weight is 470 g/mol. The number of guanidine groups is 1. The summed E-state index contributed by atoms with van der Waals surface area (Å²) in [6.45, 7) is 4.40. The number of imidazole rings is 1. The molecule has 0 bridgehead atoms. The number of carbonyl (C=O) groups is 1. The van der Waals surface area contributed by atoms with Gasteiger partial charge in [0.05, 0.1) is 17.6 Å². The van der Waals surface area contributed by atoms with E-state index < -0.39 is 0 Å². The van der Waals surface area contributed by atoms with Crippen molar-refractivity contribution in [2.24, 2.45) is 16.6 Å². The molecule has 1 unspecified atom stereocenters. The molecular weight excluding hydrogens is 443 g/mol. The number of aromatic nitrogens is 2. The molecule has 1 amide bonds. The van der Waals surface area contributed by atoms with E-state index in [-0.39, 0.29) is 29.9 Å². The van der Waals surface area contributed by atoms with E-state index in [9.17, 15) is 4.79 Å². The minimum atomic E-state index is -0.229. The Kier molecular flexibility index (Phi) is 7.24. The number of amides is 1. The zero-order valence-corrected chi connectivity index (χ0v) is 17.6. The summed E-state index contributed by atoms with van der Waals surface area (Å²) in [6, 6.07) is 6.18. The van der Waals surface area contributed by atoms with Crippen LogP contribution in [0.1, 0.15) is 30.7 Å². The molecule has 1 aliphatic rings. The van der Waals surface area contributed by atoms with Gasteiger partial charge in [0.2, 0.25) is 5.91 Å². The molecule has 0 aliphatic carbocycles. The number of nitrogens with zero attached hydrogens (tertiary/aromatic N) is 3. The fourth-order valence-corrected chi connectivity index (χ4v) is 3.46. The molecule has 3 rings (SSSR count). The van der Waals surface area contributed by atoms with Gasteiger partial charge in [-0.25, -0.2) is 4.98 Å². The number of aromatic amines is 1. The van der Waals surface area contributed by atoms with E-state index in [1.54, 1.807) is 7.05 Å². The first kappa shape index (κ1) is 20.5. The highest BCUT2D eigenvalue weighted by atomic mass is 127. The van der Waals surface area contributed by atoms with E-state index in [0.29, 0.717) is 18.9 Å². The molecule has 7 nitrogen and oxygen atoms in total. The number of aryl methyl sites for hydroxylation is 1. The predicted octanol–water partition coefficient (Wildman–Crippen LogP) is 2.15. The molecule has 26 heavy (non-hydrogen) atoms. The lowest BCUT2D eigenvalue weighted by atomic mass is 9.95. The minimum absolute atomic E-state index is 0. The summed E-state index contributed by atoms with van der Waals surface area (Å²) >= 11 is 0. The second kappa shape index (κ2) is 9.20. The number of halogens is 1. The van der Waals surface area contributed by atoms with Crippen molar-refractivity contribution in [3.8, 4) is 0 Å². The number of hydrogen-bond acceptors (Lipinski definition) is 3. The number of H-pyrrole nitrogens is 1. The second-order valence-corrected chi connectivity index (χ2v) is 6.73. The van der Waals surface area contributed by atoms with Crippen LogP contribution < -0.4 is 11.1 Å². The predicted molar refractivity (Wildman–Crippen MR) is 115 cm³/mol. The maximum absolute atomic E-state index is 11.2. The van der Waals surface area contributed by atoms with Gasteiger partial charge in [-0.1, -0.05) is 6.07 Å². The van der Waals surface area contributed by atoms with Crippen molar-refractivity contribution in [2.75, 3.05) is 20.1 Å². The summed E-state index contributed by atoms with van der Waals surface area (Å²) in [6.07, 6.45) is 2.53. The van der Waals surface area contributed by atoms with E-state index in [1.165, 1.54) is 5.56 Å². The minimum Gasteiger partial charge on any atom is -0.370 e. The fourth-order valence-electron chi connectivity index (χ4n) is 3.46. The van der Waals surface area contributed by atoms with Gasteiger partial charge in [-0.3, -0.25) is 9.79 Å². The van der Waals surface area contributed by atoms with Crippen LogP contribution in [0.5, 0.6) is 0 Å². The van der Waals surface area contributed by atoms with Crippen molar-refractivity contribution in [3.63, 3.8) is 0 Å². The lowest BCUT2D eigenvalue weighted by Crippen LogP contribution is -2.47. The number of nitrogens with two attached hydrogens (primary N) is 1. The van der Waals surface area contributed by atoms with Gasteiger partial charge in [-0.15, -0.1) is 24.0 Å². The van der Waals surface area contributed by atoms with Crippen molar-refractivity contribution >= 4 is 46.9 Å². The number of aliphatic imine (C=N–C) groups is 1. The molecular formula is C18H27IN6O. The Morgan fingerprint density at radius 1 is 1.50 bits per heavy atom. The molecule has 1 aliphatic heterocycles. The molecule has 1 fully saturated rings. The Balaban J connectivity index is 0.00000243. The quantitative estimate of drug-likeness (QED) is 0.362. The fraction of sp³-hybridized carbons (Fsp3) is 0.500. The van der Waals surface area contributed by atoms with Crippen LogP contribution in [-0.4, -0.2) is 46.9 Å². The number of hydrogen-bond donors (Lipinski definition) is 3. The van der Waals surface area contributed by atoms with E-state index in [2.05, 4.69) is 44.2 Å². The van der Waals surface area contributed by atoms with Crippen molar-refractivity contribution in [2.45, 2.75) is 32.7 Å². The van der Waals surface area contributed by atoms with Gasteiger partial charge in [0, 0.05) is 26.6 Å². The number of nitrogens with one attached hydrogen (secondary N) is 2. The third-order valence-corrected chi connectivity index (χ3v) is 4.62. The second-order valence-electron chi connectivity index (χ2n) is 6.73. The number of primary amides is 1. The summed E-state index contributed by atoms with van der Waals surface area (Å²) in [5.41, 5.74) is 8.57. The van der Waals surface area contributed by atoms with Crippen LogP contribution in [0, 0.1) is 12.8 Å². The highest BCUT2D eigenvalue weighted by Crippen LogP contribution is 2.19. The smallest absolute Gasteiger partial charge is 0.217 e. The highest BCUT2D eigenvalue weighted by Gasteiger charge is 2.23. The molecule has 1 aromatic heterocycles. The molecule has 4 N–H and O–H groups in total. The third kappa shape index (κ3) is 5.09. The standard InChI is InChI=1S/C18H26N6O.HI/c1-12-5-6-14-15(8-12)23-17(22-14)10-21-18(20-2)24-7-3-4-13(11-24)9-16(19)25;/h5-6,8,13H,3-4,7,9-11H2,1-2H3,(H2,19,25)(H,20,21)(H,22,23);1H. The van der Waals surface area contributed by atoms with Crippen LogP contribution in [0.15, 0.2) is 23.2 Å². The number of piperidine rings is 1. The first-order valence-corrected chi connectivity index (χ1v) is 8.74. The molecule has 0 saturated carbocycles. The molecule has 2 aromatic rings. The van der Waals surface area contributed by atoms with E-state index in [0.717, 1.165) is 48.7 Å². The highest BCUT2D eigenvalue weighted by molar-refractivity contribution is 14.0. The van der Waals surface area contributed by atoms with Crippen molar-refractivity contribution in [1.29, 1.82) is 0 Å². The zero-order valence-electron chi connectivity index (χ0n) is 15.3. The summed E-state index contributed by atoms with van der Waals surface area (Å²) in [4.78, 5) is 25.7. The molecule has 8 heteroatoms. The zero-order chi connectivity index (χ0) is 17.8. The Bertz CT molecular complexity index is 787. The molecule has 1 aromatic carbocycles. The van der Waals surface area contributed by atoms with Gasteiger partial charge in [0.25, 0.3) is 0 Å². The van der Waals surface area contributed by atoms with Crippen LogP contribution in [0.4, 0.5) is 0 Å². The lowest BCUT2D eigenvalue weighted by molar-refractivity contribution is -0.119. The Morgan fingerprint density at radius 2 is 2.31 bits per heavy atom. The van der Waals surface area contributed by atoms with Gasteiger partial charge in [0.15, 0.2) is 5.96 Å². The first-order chi connectivity index (χ1) is 12.0. The van der Waals surface area contributed by atoms with Crippen LogP contribution in [0.3, 0.4) is 0 Å². The molecule has 2 heterocycles. The van der Waals surface area contributed by atoms with Gasteiger partial charge in [-0.2, -0.15) is 0 Å². The largest absolute Gasteiger partial charge is 0.370 e. The number of benzene rings is 1. The maximum Gasteiger partial charge on any atom is 0.217 e. The number of rotatable bonds is 4. The number of carbonyl (C=O) groups excluding carboxylic acids is 1. The van der Waals surface area contributed by atoms with Gasteiger partial charge >= 0.3 is 0 Å². The van der Waals surface area contributed by atoms with Crippen LogP contribution in [0.2, 0.25) is 0 Å². The van der Waals surface area contributed by atoms with Crippen molar-refractivity contribution in [1.82, 2.24) is 20.2 Å². The van der Waals surface area contributed by atoms with Gasteiger partial charge in [-0.05, 0) is 43.4 Å². The Morgan fingerprint density at radius 3 is 3.04 bits per heavy atom. The van der Waals surface area contributed by atoms with Crippen LogP contribution >= 0.6 is 24.0 Å². The van der Waals surface area contributed by atoms with Gasteiger partial charge < -0.3 is 20.9 Å². The summed E-state index contributed by atoms with van der Waals surface area (Å²) < 4.78 is 0. The van der Waals surface area contributed by atoms with Crippen LogP contribution in [0.25, 0.3) is 11.0 Å². The molecule has 0 spiro atoms. The van der Waals surface area contributed by atoms with E-state index >= 15 is 0 Å². The Hall–Kier alpha value is -1.84. The van der Waals surface area contributed by atoms with E-state index in [4.69, 9.17) is 5.73 Å². The first-order valence-electron chi connectivity index (χ1n) is 8.74. The number of fused-ring (bicyclic) bond motifs is 1. The summed E-state index contributed by atoms with van der Waals surface area (Å²) in [7, 11) is 1.78. The summed E-state index contributed by atoms with van der Waals surface area (Å²) in [5, 5.41) is 3.37. The van der Waals surface area contributed by atoms with Crippen LogP contribution in [-0.2, 0) is 11.3 Å². The molecule has 1 atom stereocenters. The monoisotopic (exact) mass is 470 g/mol. The van der Waals surface area contributed by atoms with Crippen molar-refractivity contribution < 1.29 is 4.79 Å². The summed E-state index contributed by atoms with van der Waals surface area (Å²) in [5.74, 6) is 1.80. The molecule has 1 saturated heterocycles. The third-order valence-electron chi connectivity index (χ3n) is 4.62. The maximum atomic E-state index is 11.2. The SMILES string of the molecule is CN=C(NCc1nc2ccc(C)cc2[nH]1)N1CCCC(CC(N)=O)C1.I. The van der Waals surface area contributed by atoms with Crippen molar-refractivity contribution in [3.05, 3.63) is 29.6 Å². The lowest BCUT2D eigenvalue weighted by Gasteiger charge is -2.34. The topological polar surface area (TPSA) is 99.4 Å². The van der Waals surface area contributed by atoms with Gasteiger partial charge in [0.1, 0.15) is 5.82 Å².